The Labute approximate surface area is 157 Å². The quantitative estimate of drug-likeness (QED) is 0.779. The Hall–Kier alpha value is -2.03. The predicted molar refractivity (Wildman–Crippen MR) is 99.5 cm³/mol. The standard InChI is InChI=1S/C19H22F2N2O3S/c20-19(21)27(24,25)18-7-5-17(6-8-18)22-13-15-1-3-16(4-2-15)14-23-9-11-26-12-10-23/h1-8,19,22H,9-14H2. The highest BCUT2D eigenvalue weighted by molar-refractivity contribution is 7.91. The molecular formula is C19H22F2N2O3S. The molecule has 0 atom stereocenters. The van der Waals surface area contributed by atoms with Crippen LogP contribution in [0.4, 0.5) is 14.5 Å². The summed E-state index contributed by atoms with van der Waals surface area (Å²) < 4.78 is 53.3. The lowest BCUT2D eigenvalue weighted by Gasteiger charge is -2.26. The Bertz CT molecular complexity index is 834. The molecule has 146 valence electrons. The van der Waals surface area contributed by atoms with Gasteiger partial charge in [-0.3, -0.25) is 4.90 Å². The minimum atomic E-state index is -4.55. The average Bonchev–Trinajstić information content (AvgIpc) is 2.68. The van der Waals surface area contributed by atoms with Gasteiger partial charge in [-0.1, -0.05) is 24.3 Å². The van der Waals surface area contributed by atoms with Gasteiger partial charge in [0.2, 0.25) is 9.84 Å². The highest BCUT2D eigenvalue weighted by Crippen LogP contribution is 2.20. The first-order valence-electron chi connectivity index (χ1n) is 8.69. The number of morpholine rings is 1. The fourth-order valence-corrected chi connectivity index (χ4v) is 3.57. The van der Waals surface area contributed by atoms with Crippen molar-refractivity contribution in [3.05, 3.63) is 59.7 Å². The average molecular weight is 396 g/mol. The molecule has 0 spiro atoms. The molecule has 0 aliphatic carbocycles. The van der Waals surface area contributed by atoms with E-state index in [1.54, 1.807) is 0 Å². The van der Waals surface area contributed by atoms with Crippen molar-refractivity contribution in [1.82, 2.24) is 4.90 Å². The van der Waals surface area contributed by atoms with Crippen molar-refractivity contribution in [1.29, 1.82) is 0 Å². The van der Waals surface area contributed by atoms with E-state index in [0.717, 1.165) is 38.4 Å². The number of sulfone groups is 1. The number of nitrogens with one attached hydrogen (secondary N) is 1. The monoisotopic (exact) mass is 396 g/mol. The van der Waals surface area contributed by atoms with Crippen molar-refractivity contribution in [3.63, 3.8) is 0 Å². The first kappa shape index (κ1) is 19.7. The fraction of sp³-hybridized carbons (Fsp3) is 0.368. The molecule has 1 fully saturated rings. The Morgan fingerprint density at radius 3 is 2.15 bits per heavy atom. The van der Waals surface area contributed by atoms with E-state index in [1.165, 1.54) is 29.8 Å². The van der Waals surface area contributed by atoms with Crippen LogP contribution in [0.2, 0.25) is 0 Å². The summed E-state index contributed by atoms with van der Waals surface area (Å²) in [5, 5.41) is 3.16. The lowest BCUT2D eigenvalue weighted by molar-refractivity contribution is 0.0342. The molecule has 2 aromatic rings. The van der Waals surface area contributed by atoms with Gasteiger partial charge in [0.25, 0.3) is 0 Å². The number of nitrogens with zero attached hydrogens (tertiary/aromatic N) is 1. The smallest absolute Gasteiger partial charge is 0.341 e. The normalized spacial score (nSPS) is 15.8. The van der Waals surface area contributed by atoms with Gasteiger partial charge in [0, 0.05) is 31.9 Å². The molecule has 0 radical (unpaired) electrons. The number of hydrogen-bond donors (Lipinski definition) is 1. The fourth-order valence-electron chi connectivity index (χ4n) is 2.85. The molecule has 8 heteroatoms. The predicted octanol–water partition coefficient (Wildman–Crippen LogP) is 3.13. The number of benzene rings is 2. The van der Waals surface area contributed by atoms with Crippen LogP contribution in [0.1, 0.15) is 11.1 Å². The van der Waals surface area contributed by atoms with Gasteiger partial charge in [0.1, 0.15) is 0 Å². The second-order valence-electron chi connectivity index (χ2n) is 6.39. The van der Waals surface area contributed by atoms with E-state index in [1.807, 2.05) is 12.1 Å². The van der Waals surface area contributed by atoms with E-state index in [9.17, 15) is 17.2 Å². The minimum Gasteiger partial charge on any atom is -0.381 e. The van der Waals surface area contributed by atoms with Crippen molar-refractivity contribution in [2.45, 2.75) is 23.7 Å². The number of alkyl halides is 2. The zero-order valence-corrected chi connectivity index (χ0v) is 15.6. The molecule has 0 unspecified atom stereocenters. The van der Waals surface area contributed by atoms with E-state index in [-0.39, 0.29) is 4.90 Å². The molecule has 27 heavy (non-hydrogen) atoms. The summed E-state index contributed by atoms with van der Waals surface area (Å²) >= 11 is 0. The molecule has 1 aliphatic heterocycles. The number of anilines is 1. The van der Waals surface area contributed by atoms with E-state index >= 15 is 0 Å². The summed E-state index contributed by atoms with van der Waals surface area (Å²) in [4.78, 5) is 1.97. The maximum absolute atomic E-state index is 12.5. The van der Waals surface area contributed by atoms with Gasteiger partial charge < -0.3 is 10.1 Å². The largest absolute Gasteiger partial charge is 0.381 e. The van der Waals surface area contributed by atoms with Crippen LogP contribution in [-0.2, 0) is 27.7 Å². The van der Waals surface area contributed by atoms with Crippen molar-refractivity contribution in [2.24, 2.45) is 0 Å². The van der Waals surface area contributed by atoms with Crippen LogP contribution in [0.5, 0.6) is 0 Å². The van der Waals surface area contributed by atoms with E-state index in [2.05, 4.69) is 22.3 Å². The molecule has 0 aromatic heterocycles. The van der Waals surface area contributed by atoms with Crippen molar-refractivity contribution >= 4 is 15.5 Å². The summed E-state index contributed by atoms with van der Waals surface area (Å²) in [6.07, 6.45) is 0. The lowest BCUT2D eigenvalue weighted by atomic mass is 10.1. The SMILES string of the molecule is O=S(=O)(c1ccc(NCc2ccc(CN3CCOCC3)cc2)cc1)C(F)F. The van der Waals surface area contributed by atoms with Gasteiger partial charge >= 0.3 is 5.76 Å². The van der Waals surface area contributed by atoms with Gasteiger partial charge in [-0.25, -0.2) is 8.42 Å². The number of hydrogen-bond acceptors (Lipinski definition) is 5. The summed E-state index contributed by atoms with van der Waals surface area (Å²) in [6.45, 7) is 4.90. The van der Waals surface area contributed by atoms with Gasteiger partial charge in [0.05, 0.1) is 18.1 Å². The number of halogens is 2. The summed E-state index contributed by atoms with van der Waals surface area (Å²) in [5.74, 6) is -3.41. The highest BCUT2D eigenvalue weighted by Gasteiger charge is 2.26. The molecule has 1 heterocycles. The van der Waals surface area contributed by atoms with Crippen LogP contribution in [0.25, 0.3) is 0 Å². The van der Waals surface area contributed by atoms with Gasteiger partial charge in [-0.15, -0.1) is 0 Å². The molecule has 0 saturated carbocycles. The molecule has 0 bridgehead atoms. The Balaban J connectivity index is 1.54. The van der Waals surface area contributed by atoms with Crippen molar-refractivity contribution < 1.29 is 21.9 Å². The topological polar surface area (TPSA) is 58.6 Å². The second kappa shape index (κ2) is 8.77. The van der Waals surface area contributed by atoms with Crippen LogP contribution >= 0.6 is 0 Å². The van der Waals surface area contributed by atoms with Crippen LogP contribution in [0.15, 0.2) is 53.4 Å². The third kappa shape index (κ3) is 5.24. The lowest BCUT2D eigenvalue weighted by Crippen LogP contribution is -2.35. The Morgan fingerprint density at radius 1 is 0.963 bits per heavy atom. The molecule has 0 amide bonds. The number of rotatable bonds is 7. The Morgan fingerprint density at radius 2 is 1.56 bits per heavy atom. The van der Waals surface area contributed by atoms with Crippen LogP contribution < -0.4 is 5.32 Å². The zero-order valence-electron chi connectivity index (χ0n) is 14.8. The second-order valence-corrected chi connectivity index (χ2v) is 8.31. The van der Waals surface area contributed by atoms with Crippen LogP contribution in [-0.4, -0.2) is 45.4 Å². The molecule has 1 aliphatic rings. The maximum atomic E-state index is 12.5. The number of ether oxygens (including phenoxy) is 1. The molecule has 1 N–H and O–H groups in total. The molecule has 1 saturated heterocycles. The van der Waals surface area contributed by atoms with E-state index in [0.29, 0.717) is 12.2 Å². The summed E-state index contributed by atoms with van der Waals surface area (Å²) in [5.41, 5.74) is 2.98. The first-order chi connectivity index (χ1) is 12.9. The van der Waals surface area contributed by atoms with Gasteiger partial charge in [-0.05, 0) is 35.4 Å². The third-order valence-corrected chi connectivity index (χ3v) is 5.85. The molecule has 5 nitrogen and oxygen atoms in total. The van der Waals surface area contributed by atoms with E-state index < -0.39 is 15.6 Å². The zero-order chi connectivity index (χ0) is 19.3. The first-order valence-corrected chi connectivity index (χ1v) is 10.2. The molecule has 3 rings (SSSR count). The van der Waals surface area contributed by atoms with Gasteiger partial charge in [0.15, 0.2) is 0 Å². The van der Waals surface area contributed by atoms with E-state index in [4.69, 9.17) is 4.74 Å². The van der Waals surface area contributed by atoms with Crippen LogP contribution in [0.3, 0.4) is 0 Å². The summed E-state index contributed by atoms with van der Waals surface area (Å²) in [6, 6.07) is 13.6. The highest BCUT2D eigenvalue weighted by atomic mass is 32.2. The van der Waals surface area contributed by atoms with Crippen LogP contribution in [0, 0.1) is 0 Å². The third-order valence-electron chi connectivity index (χ3n) is 4.45. The van der Waals surface area contributed by atoms with Crippen molar-refractivity contribution in [2.75, 3.05) is 31.6 Å². The van der Waals surface area contributed by atoms with Gasteiger partial charge in [-0.2, -0.15) is 8.78 Å². The summed E-state index contributed by atoms with van der Waals surface area (Å²) in [7, 11) is -4.55. The molecule has 2 aromatic carbocycles. The Kier molecular flexibility index (Phi) is 6.41. The maximum Gasteiger partial charge on any atom is 0.341 e. The minimum absolute atomic E-state index is 0.379. The molecular weight excluding hydrogens is 374 g/mol. The van der Waals surface area contributed by atoms with Crippen molar-refractivity contribution in [3.8, 4) is 0 Å².